The lowest BCUT2D eigenvalue weighted by Crippen LogP contribution is -1.99. The van der Waals surface area contributed by atoms with Gasteiger partial charge in [-0.25, -0.2) is 4.98 Å². The van der Waals surface area contributed by atoms with Crippen molar-refractivity contribution < 1.29 is 4.74 Å². The predicted octanol–water partition coefficient (Wildman–Crippen LogP) is 4.03. The highest BCUT2D eigenvalue weighted by atomic mass is 79.9. The van der Waals surface area contributed by atoms with Gasteiger partial charge in [0.2, 0.25) is 11.8 Å². The highest BCUT2D eigenvalue weighted by molar-refractivity contribution is 9.10. The van der Waals surface area contributed by atoms with Gasteiger partial charge in [-0.3, -0.25) is 0 Å². The van der Waals surface area contributed by atoms with Crippen molar-refractivity contribution in [3.8, 4) is 11.6 Å². The first-order valence-corrected chi connectivity index (χ1v) is 6.42. The van der Waals surface area contributed by atoms with Crippen LogP contribution in [0.4, 0.5) is 5.95 Å². The summed E-state index contributed by atoms with van der Waals surface area (Å²) in [6.45, 7) is 1.87. The molecule has 0 atom stereocenters. The van der Waals surface area contributed by atoms with E-state index in [1.807, 2.05) is 13.0 Å². The van der Waals surface area contributed by atoms with E-state index in [0.717, 1.165) is 10.2 Å². The quantitative estimate of drug-likeness (QED) is 0.924. The molecule has 0 unspecified atom stereocenters. The summed E-state index contributed by atoms with van der Waals surface area (Å²) in [6.07, 6.45) is 0. The predicted molar refractivity (Wildman–Crippen MR) is 75.5 cm³/mol. The average molecular weight is 329 g/mol. The molecule has 0 aliphatic carbocycles. The van der Waals surface area contributed by atoms with Gasteiger partial charge in [0, 0.05) is 23.3 Å². The van der Waals surface area contributed by atoms with Crippen molar-refractivity contribution in [2.75, 3.05) is 12.4 Å². The molecule has 0 radical (unpaired) electrons. The Kier molecular flexibility index (Phi) is 4.04. The van der Waals surface area contributed by atoms with Gasteiger partial charge in [-0.05, 0) is 25.1 Å². The van der Waals surface area contributed by atoms with Crippen molar-refractivity contribution in [3.63, 3.8) is 0 Å². The Morgan fingerprint density at radius 3 is 2.78 bits per heavy atom. The molecule has 2 aromatic rings. The third-order valence-corrected chi connectivity index (χ3v) is 2.97. The summed E-state index contributed by atoms with van der Waals surface area (Å²) in [5.41, 5.74) is 0.815. The summed E-state index contributed by atoms with van der Waals surface area (Å²) < 4.78 is 6.55. The van der Waals surface area contributed by atoms with E-state index in [1.54, 1.807) is 25.2 Å². The Labute approximate surface area is 118 Å². The van der Waals surface area contributed by atoms with Gasteiger partial charge < -0.3 is 10.1 Å². The van der Waals surface area contributed by atoms with Gasteiger partial charge >= 0.3 is 0 Å². The van der Waals surface area contributed by atoms with Crippen LogP contribution in [-0.2, 0) is 0 Å². The third-order valence-electron chi connectivity index (χ3n) is 2.16. The molecule has 0 fully saturated rings. The van der Waals surface area contributed by atoms with E-state index in [-0.39, 0.29) is 0 Å². The van der Waals surface area contributed by atoms with Gasteiger partial charge in [0.05, 0.1) is 5.02 Å². The number of hydrogen-bond donors (Lipinski definition) is 1. The van der Waals surface area contributed by atoms with Crippen LogP contribution in [0.5, 0.6) is 11.6 Å². The average Bonchev–Trinajstić information content (AvgIpc) is 2.33. The van der Waals surface area contributed by atoms with E-state index in [2.05, 4.69) is 31.2 Å². The molecule has 0 aliphatic heterocycles. The third kappa shape index (κ3) is 3.11. The zero-order valence-electron chi connectivity index (χ0n) is 9.87. The van der Waals surface area contributed by atoms with Crippen molar-refractivity contribution in [1.29, 1.82) is 0 Å². The zero-order chi connectivity index (χ0) is 13.1. The highest BCUT2D eigenvalue weighted by Crippen LogP contribution is 2.31. The van der Waals surface area contributed by atoms with Crippen LogP contribution in [0.3, 0.4) is 0 Å². The van der Waals surface area contributed by atoms with Gasteiger partial charge in [0.1, 0.15) is 5.75 Å². The summed E-state index contributed by atoms with van der Waals surface area (Å²) in [6, 6.07) is 7.14. The standard InChI is InChI=1S/C12H11BrClN3O/c1-7-5-11(17-12(15-2)16-7)18-10-6-8(13)3-4-9(10)14/h3-6H,1-2H3,(H,15,16,17). The molecule has 18 heavy (non-hydrogen) atoms. The van der Waals surface area contributed by atoms with Crippen molar-refractivity contribution in [2.45, 2.75) is 6.92 Å². The van der Waals surface area contributed by atoms with Crippen molar-refractivity contribution in [2.24, 2.45) is 0 Å². The number of nitrogens with zero attached hydrogens (tertiary/aromatic N) is 2. The Morgan fingerprint density at radius 1 is 1.28 bits per heavy atom. The Balaban J connectivity index is 2.33. The second-order valence-electron chi connectivity index (χ2n) is 3.60. The van der Waals surface area contributed by atoms with Gasteiger partial charge in [-0.2, -0.15) is 4.98 Å². The van der Waals surface area contributed by atoms with E-state index in [1.165, 1.54) is 0 Å². The molecule has 1 aromatic carbocycles. The van der Waals surface area contributed by atoms with Gasteiger partial charge in [0.15, 0.2) is 0 Å². The number of benzene rings is 1. The molecule has 0 aliphatic rings. The summed E-state index contributed by atoms with van der Waals surface area (Å²) in [5.74, 6) is 1.51. The number of aromatic nitrogens is 2. The van der Waals surface area contributed by atoms with Crippen molar-refractivity contribution >= 4 is 33.5 Å². The second kappa shape index (κ2) is 5.54. The molecule has 94 valence electrons. The molecule has 6 heteroatoms. The first-order chi connectivity index (χ1) is 8.58. The monoisotopic (exact) mass is 327 g/mol. The SMILES string of the molecule is CNc1nc(C)cc(Oc2cc(Br)ccc2Cl)n1. The van der Waals surface area contributed by atoms with E-state index in [9.17, 15) is 0 Å². The minimum atomic E-state index is 0.451. The molecule has 0 spiro atoms. The van der Waals surface area contributed by atoms with E-state index < -0.39 is 0 Å². The number of rotatable bonds is 3. The smallest absolute Gasteiger partial charge is 0.225 e. The number of aryl methyl sites for hydroxylation is 1. The van der Waals surface area contributed by atoms with Crippen LogP contribution in [0.2, 0.25) is 5.02 Å². The maximum atomic E-state index is 6.05. The summed E-state index contributed by atoms with van der Waals surface area (Å²) in [5, 5.41) is 3.40. The molecule has 1 N–H and O–H groups in total. The normalized spacial score (nSPS) is 10.2. The number of halogens is 2. The lowest BCUT2D eigenvalue weighted by Gasteiger charge is -2.09. The lowest BCUT2D eigenvalue weighted by atomic mass is 10.3. The lowest BCUT2D eigenvalue weighted by molar-refractivity contribution is 0.461. The van der Waals surface area contributed by atoms with Crippen LogP contribution >= 0.6 is 27.5 Å². The molecular formula is C12H11BrClN3O. The first kappa shape index (κ1) is 13.1. The van der Waals surface area contributed by atoms with E-state index in [0.29, 0.717) is 22.6 Å². The Morgan fingerprint density at radius 2 is 2.06 bits per heavy atom. The fraction of sp³-hybridized carbons (Fsp3) is 0.167. The van der Waals surface area contributed by atoms with Crippen LogP contribution in [-0.4, -0.2) is 17.0 Å². The molecule has 2 rings (SSSR count). The number of ether oxygens (including phenoxy) is 1. The van der Waals surface area contributed by atoms with Crippen molar-refractivity contribution in [3.05, 3.63) is 39.5 Å². The minimum absolute atomic E-state index is 0.451. The first-order valence-electron chi connectivity index (χ1n) is 5.25. The largest absolute Gasteiger partial charge is 0.437 e. The molecule has 1 heterocycles. The van der Waals surface area contributed by atoms with Crippen LogP contribution in [0, 0.1) is 6.92 Å². The number of nitrogens with one attached hydrogen (secondary N) is 1. The molecular weight excluding hydrogens is 318 g/mol. The molecule has 1 aromatic heterocycles. The molecule has 4 nitrogen and oxygen atoms in total. The van der Waals surface area contributed by atoms with Crippen LogP contribution in [0.15, 0.2) is 28.7 Å². The van der Waals surface area contributed by atoms with Gasteiger partial charge in [-0.1, -0.05) is 27.5 Å². The fourth-order valence-corrected chi connectivity index (χ4v) is 1.87. The maximum absolute atomic E-state index is 6.05. The molecule has 0 saturated heterocycles. The van der Waals surface area contributed by atoms with Crippen LogP contribution in [0.1, 0.15) is 5.69 Å². The summed E-state index contributed by atoms with van der Waals surface area (Å²) in [4.78, 5) is 8.39. The fourth-order valence-electron chi connectivity index (χ4n) is 1.37. The summed E-state index contributed by atoms with van der Waals surface area (Å²) >= 11 is 9.42. The van der Waals surface area contributed by atoms with E-state index in [4.69, 9.17) is 16.3 Å². The second-order valence-corrected chi connectivity index (χ2v) is 4.92. The Bertz CT molecular complexity index is 577. The highest BCUT2D eigenvalue weighted by Gasteiger charge is 2.07. The molecule has 0 saturated carbocycles. The van der Waals surface area contributed by atoms with Crippen LogP contribution < -0.4 is 10.1 Å². The minimum Gasteiger partial charge on any atom is -0.437 e. The summed E-state index contributed by atoms with van der Waals surface area (Å²) in [7, 11) is 1.75. The van der Waals surface area contributed by atoms with Gasteiger partial charge in [0.25, 0.3) is 0 Å². The zero-order valence-corrected chi connectivity index (χ0v) is 12.2. The molecule has 0 amide bonds. The van der Waals surface area contributed by atoms with Gasteiger partial charge in [-0.15, -0.1) is 0 Å². The van der Waals surface area contributed by atoms with Crippen molar-refractivity contribution in [1.82, 2.24) is 9.97 Å². The maximum Gasteiger partial charge on any atom is 0.225 e. The topological polar surface area (TPSA) is 47.0 Å². The number of anilines is 1. The Hall–Kier alpha value is -1.33. The van der Waals surface area contributed by atoms with E-state index >= 15 is 0 Å². The van der Waals surface area contributed by atoms with Crippen LogP contribution in [0.25, 0.3) is 0 Å². The number of hydrogen-bond acceptors (Lipinski definition) is 4. The molecule has 0 bridgehead atoms.